The fourth-order valence-electron chi connectivity index (χ4n) is 3.72. The van der Waals surface area contributed by atoms with Gasteiger partial charge in [0, 0.05) is 39.3 Å². The van der Waals surface area contributed by atoms with E-state index in [1.165, 1.54) is 10.9 Å². The standard InChI is InChI=1S/C21H29N5O3/c1-4-24(5-2)18(27)13-23-9-11-25(12-10-23)19(28)14-26-15-22-20-16(3)7-6-8-17(20)21(26)29/h6-8,15H,4-5,9-14H2,1-3H3. The molecule has 2 heterocycles. The number of aryl methyl sites for hydroxylation is 1. The predicted molar refractivity (Wildman–Crippen MR) is 112 cm³/mol. The zero-order valence-corrected chi connectivity index (χ0v) is 17.4. The van der Waals surface area contributed by atoms with Crippen LogP contribution >= 0.6 is 0 Å². The fraction of sp³-hybridized carbons (Fsp3) is 0.524. The molecule has 156 valence electrons. The molecular weight excluding hydrogens is 370 g/mol. The monoisotopic (exact) mass is 399 g/mol. The lowest BCUT2D eigenvalue weighted by Gasteiger charge is -2.35. The van der Waals surface area contributed by atoms with Gasteiger partial charge in [-0.1, -0.05) is 12.1 Å². The molecule has 1 aromatic heterocycles. The molecule has 0 aliphatic carbocycles. The summed E-state index contributed by atoms with van der Waals surface area (Å²) in [4.78, 5) is 47.7. The number of carbonyl (C=O) groups excluding carboxylic acids is 2. The second kappa shape index (κ2) is 9.17. The van der Waals surface area contributed by atoms with E-state index in [0.29, 0.717) is 56.7 Å². The van der Waals surface area contributed by atoms with Crippen molar-refractivity contribution in [2.24, 2.45) is 0 Å². The van der Waals surface area contributed by atoms with Crippen molar-refractivity contribution in [3.63, 3.8) is 0 Å². The minimum absolute atomic E-state index is 0.0197. The lowest BCUT2D eigenvalue weighted by atomic mass is 10.1. The number of fused-ring (bicyclic) bond motifs is 1. The Kier molecular flexibility index (Phi) is 6.64. The molecule has 1 aliphatic rings. The predicted octanol–water partition coefficient (Wildman–Crippen LogP) is 0.718. The molecule has 3 rings (SSSR count). The molecule has 1 fully saturated rings. The van der Waals surface area contributed by atoms with Crippen molar-refractivity contribution in [3.8, 4) is 0 Å². The number of benzene rings is 1. The molecule has 0 unspecified atom stereocenters. The summed E-state index contributed by atoms with van der Waals surface area (Å²) in [6.45, 7) is 10.1. The highest BCUT2D eigenvalue weighted by Crippen LogP contribution is 2.11. The maximum absolute atomic E-state index is 12.7. The minimum atomic E-state index is -0.199. The Morgan fingerprint density at radius 2 is 1.76 bits per heavy atom. The van der Waals surface area contributed by atoms with Crippen molar-refractivity contribution in [2.45, 2.75) is 27.3 Å². The van der Waals surface area contributed by atoms with E-state index in [1.54, 1.807) is 11.0 Å². The van der Waals surface area contributed by atoms with Gasteiger partial charge in [-0.2, -0.15) is 0 Å². The molecule has 1 saturated heterocycles. The third kappa shape index (κ3) is 4.64. The number of rotatable bonds is 6. The minimum Gasteiger partial charge on any atom is -0.342 e. The van der Waals surface area contributed by atoms with E-state index in [1.807, 2.05) is 37.8 Å². The van der Waals surface area contributed by atoms with Crippen LogP contribution in [-0.4, -0.2) is 81.9 Å². The van der Waals surface area contributed by atoms with Crippen LogP contribution in [0.25, 0.3) is 10.9 Å². The zero-order valence-electron chi connectivity index (χ0n) is 17.4. The zero-order chi connectivity index (χ0) is 21.0. The molecule has 8 heteroatoms. The van der Waals surface area contributed by atoms with Crippen LogP contribution in [0.3, 0.4) is 0 Å². The largest absolute Gasteiger partial charge is 0.342 e. The van der Waals surface area contributed by atoms with Gasteiger partial charge in [0.1, 0.15) is 6.54 Å². The van der Waals surface area contributed by atoms with Crippen LogP contribution in [0.4, 0.5) is 0 Å². The van der Waals surface area contributed by atoms with Crippen molar-refractivity contribution >= 4 is 22.7 Å². The summed E-state index contributed by atoms with van der Waals surface area (Å²) in [7, 11) is 0. The number of carbonyl (C=O) groups is 2. The molecule has 0 saturated carbocycles. The average molecular weight is 399 g/mol. The Morgan fingerprint density at radius 1 is 1.07 bits per heavy atom. The van der Waals surface area contributed by atoms with Crippen LogP contribution < -0.4 is 5.56 Å². The van der Waals surface area contributed by atoms with Gasteiger partial charge >= 0.3 is 0 Å². The number of likely N-dealkylation sites (N-methyl/N-ethyl adjacent to an activating group) is 1. The highest BCUT2D eigenvalue weighted by atomic mass is 16.2. The van der Waals surface area contributed by atoms with Crippen molar-refractivity contribution in [3.05, 3.63) is 40.4 Å². The van der Waals surface area contributed by atoms with E-state index in [4.69, 9.17) is 0 Å². The second-order valence-corrected chi connectivity index (χ2v) is 7.37. The van der Waals surface area contributed by atoms with Crippen molar-refractivity contribution in [2.75, 3.05) is 45.8 Å². The molecule has 29 heavy (non-hydrogen) atoms. The maximum Gasteiger partial charge on any atom is 0.261 e. The van der Waals surface area contributed by atoms with Gasteiger partial charge in [0.25, 0.3) is 5.56 Å². The highest BCUT2D eigenvalue weighted by Gasteiger charge is 2.24. The normalized spacial score (nSPS) is 14.9. The van der Waals surface area contributed by atoms with Gasteiger partial charge in [-0.25, -0.2) is 4.98 Å². The lowest BCUT2D eigenvalue weighted by Crippen LogP contribution is -2.52. The molecule has 2 amide bonds. The Bertz CT molecular complexity index is 943. The molecule has 0 bridgehead atoms. The van der Waals surface area contributed by atoms with Crippen molar-refractivity contribution in [1.82, 2.24) is 24.3 Å². The van der Waals surface area contributed by atoms with Crippen molar-refractivity contribution < 1.29 is 9.59 Å². The quantitative estimate of drug-likeness (QED) is 0.715. The Balaban J connectivity index is 1.59. The summed E-state index contributed by atoms with van der Waals surface area (Å²) < 4.78 is 1.38. The SMILES string of the molecule is CCN(CC)C(=O)CN1CCN(C(=O)Cn2cnc3c(C)cccc3c2=O)CC1. The van der Waals surface area contributed by atoms with E-state index in [0.717, 1.165) is 5.56 Å². The smallest absolute Gasteiger partial charge is 0.261 e. The Hall–Kier alpha value is -2.74. The molecule has 0 radical (unpaired) electrons. The van der Waals surface area contributed by atoms with Gasteiger partial charge in [-0.05, 0) is 32.4 Å². The summed E-state index contributed by atoms with van der Waals surface area (Å²) in [6.07, 6.45) is 1.45. The summed E-state index contributed by atoms with van der Waals surface area (Å²) in [5.74, 6) is 0.0227. The van der Waals surface area contributed by atoms with Crippen LogP contribution in [0.5, 0.6) is 0 Å². The van der Waals surface area contributed by atoms with Crippen LogP contribution in [0.15, 0.2) is 29.3 Å². The molecule has 2 aromatic rings. The van der Waals surface area contributed by atoms with Gasteiger partial charge < -0.3 is 9.80 Å². The van der Waals surface area contributed by atoms with Gasteiger partial charge in [-0.15, -0.1) is 0 Å². The van der Waals surface area contributed by atoms with Crippen LogP contribution in [0, 0.1) is 6.92 Å². The Morgan fingerprint density at radius 3 is 2.41 bits per heavy atom. The number of para-hydroxylation sites is 1. The van der Waals surface area contributed by atoms with E-state index in [9.17, 15) is 14.4 Å². The topological polar surface area (TPSA) is 78.8 Å². The second-order valence-electron chi connectivity index (χ2n) is 7.37. The Labute approximate surface area is 170 Å². The fourth-order valence-corrected chi connectivity index (χ4v) is 3.72. The number of nitrogens with zero attached hydrogens (tertiary/aromatic N) is 5. The highest BCUT2D eigenvalue weighted by molar-refractivity contribution is 5.81. The van der Waals surface area contributed by atoms with E-state index in [2.05, 4.69) is 9.88 Å². The molecule has 1 aromatic carbocycles. The number of amides is 2. The summed E-state index contributed by atoms with van der Waals surface area (Å²) in [5.41, 5.74) is 1.41. The number of hydrogen-bond acceptors (Lipinski definition) is 5. The maximum atomic E-state index is 12.7. The van der Waals surface area contributed by atoms with E-state index in [-0.39, 0.29) is 23.9 Å². The molecule has 0 atom stereocenters. The van der Waals surface area contributed by atoms with E-state index >= 15 is 0 Å². The first-order valence-electron chi connectivity index (χ1n) is 10.2. The average Bonchev–Trinajstić information content (AvgIpc) is 2.72. The van der Waals surface area contributed by atoms with Gasteiger partial charge in [0.2, 0.25) is 11.8 Å². The van der Waals surface area contributed by atoms with Crippen LogP contribution in [0.2, 0.25) is 0 Å². The molecule has 0 spiro atoms. The first-order chi connectivity index (χ1) is 13.9. The summed E-state index contributed by atoms with van der Waals surface area (Å²) in [6, 6.07) is 5.48. The third-order valence-electron chi connectivity index (χ3n) is 5.56. The van der Waals surface area contributed by atoms with Gasteiger partial charge in [0.15, 0.2) is 0 Å². The summed E-state index contributed by atoms with van der Waals surface area (Å²) >= 11 is 0. The van der Waals surface area contributed by atoms with Gasteiger partial charge in [-0.3, -0.25) is 23.9 Å². The van der Waals surface area contributed by atoms with Gasteiger partial charge in [0.05, 0.1) is 23.8 Å². The van der Waals surface area contributed by atoms with Crippen molar-refractivity contribution in [1.29, 1.82) is 0 Å². The first-order valence-corrected chi connectivity index (χ1v) is 10.2. The third-order valence-corrected chi connectivity index (χ3v) is 5.56. The lowest BCUT2D eigenvalue weighted by molar-refractivity contribution is -0.135. The summed E-state index contributed by atoms with van der Waals surface area (Å²) in [5, 5.41) is 0.528. The van der Waals surface area contributed by atoms with Crippen LogP contribution in [-0.2, 0) is 16.1 Å². The first kappa shape index (κ1) is 21.0. The number of aromatic nitrogens is 2. The van der Waals surface area contributed by atoms with Crippen LogP contribution in [0.1, 0.15) is 19.4 Å². The number of piperazine rings is 1. The molecule has 0 N–H and O–H groups in total. The number of hydrogen-bond donors (Lipinski definition) is 0. The molecule has 1 aliphatic heterocycles. The van der Waals surface area contributed by atoms with E-state index < -0.39 is 0 Å². The molecular formula is C21H29N5O3. The molecule has 8 nitrogen and oxygen atoms in total.